The lowest BCUT2D eigenvalue weighted by atomic mass is 10.2. The minimum atomic E-state index is 0.248. The number of hydrogen-bond acceptors (Lipinski definition) is 5. The highest BCUT2D eigenvalue weighted by Crippen LogP contribution is 2.22. The largest absolute Gasteiger partial charge is 0.359 e. The number of nitrogens with one attached hydrogen (secondary N) is 1. The Balaban J connectivity index is 2.45. The smallest absolute Gasteiger partial charge is 0.202 e. The van der Waals surface area contributed by atoms with Crippen LogP contribution >= 0.6 is 23.3 Å². The molecule has 5 heteroatoms. The van der Waals surface area contributed by atoms with Crippen molar-refractivity contribution < 1.29 is 0 Å². The molecule has 3 nitrogen and oxygen atoms in total. The van der Waals surface area contributed by atoms with Gasteiger partial charge in [0.05, 0.1) is 0 Å². The highest BCUT2D eigenvalue weighted by molar-refractivity contribution is 7.99. The average molecular weight is 231 g/mol. The summed E-state index contributed by atoms with van der Waals surface area (Å²) in [4.78, 5) is 4.35. The van der Waals surface area contributed by atoms with Gasteiger partial charge in [0.1, 0.15) is 5.82 Å². The van der Waals surface area contributed by atoms with Crippen LogP contribution in [-0.2, 0) is 6.42 Å². The molecule has 0 unspecified atom stereocenters. The van der Waals surface area contributed by atoms with Gasteiger partial charge in [0.15, 0.2) is 0 Å². The van der Waals surface area contributed by atoms with Gasteiger partial charge in [0.25, 0.3) is 0 Å². The second kappa shape index (κ2) is 4.98. The normalized spacial score (nSPS) is 11.7. The van der Waals surface area contributed by atoms with Gasteiger partial charge in [-0.15, -0.1) is 0 Å². The van der Waals surface area contributed by atoms with E-state index in [9.17, 15) is 0 Å². The highest BCUT2D eigenvalue weighted by Gasteiger charge is 2.16. The Morgan fingerprint density at radius 1 is 1.50 bits per heavy atom. The molecule has 0 spiro atoms. The van der Waals surface area contributed by atoms with E-state index in [4.69, 9.17) is 0 Å². The van der Waals surface area contributed by atoms with Gasteiger partial charge in [0, 0.05) is 29.2 Å². The molecule has 0 aliphatic rings. The van der Waals surface area contributed by atoms with Gasteiger partial charge in [-0.25, -0.2) is 4.98 Å². The van der Waals surface area contributed by atoms with E-state index in [1.807, 2.05) is 11.8 Å². The maximum absolute atomic E-state index is 4.35. The van der Waals surface area contributed by atoms with E-state index in [0.29, 0.717) is 0 Å². The Morgan fingerprint density at radius 3 is 2.71 bits per heavy atom. The first-order valence-electron chi connectivity index (χ1n) is 4.69. The molecule has 1 heterocycles. The van der Waals surface area contributed by atoms with Crippen molar-refractivity contribution in [3.05, 3.63) is 5.82 Å². The SMILES string of the molecule is CCc1nsc(NCC(C)(C)SC)n1. The van der Waals surface area contributed by atoms with E-state index < -0.39 is 0 Å². The van der Waals surface area contributed by atoms with E-state index in [0.717, 1.165) is 23.9 Å². The van der Waals surface area contributed by atoms with Crippen molar-refractivity contribution in [3.63, 3.8) is 0 Å². The van der Waals surface area contributed by atoms with Crippen LogP contribution in [0, 0.1) is 0 Å². The lowest BCUT2D eigenvalue weighted by Crippen LogP contribution is -2.25. The second-order valence-corrected chi connectivity index (χ2v) is 5.95. The number of thioether (sulfide) groups is 1. The van der Waals surface area contributed by atoms with Gasteiger partial charge in [-0.05, 0) is 20.1 Å². The third-order valence-corrected chi connectivity index (χ3v) is 3.96. The van der Waals surface area contributed by atoms with Crippen molar-refractivity contribution in [1.82, 2.24) is 9.36 Å². The zero-order valence-corrected chi connectivity index (χ0v) is 10.8. The first-order chi connectivity index (χ1) is 6.57. The number of anilines is 1. The highest BCUT2D eigenvalue weighted by atomic mass is 32.2. The summed E-state index contributed by atoms with van der Waals surface area (Å²) in [6.07, 6.45) is 3.03. The molecule has 0 saturated heterocycles. The molecule has 1 N–H and O–H groups in total. The first kappa shape index (κ1) is 11.8. The average Bonchev–Trinajstić information content (AvgIpc) is 2.63. The van der Waals surface area contributed by atoms with E-state index in [2.05, 4.69) is 41.7 Å². The van der Waals surface area contributed by atoms with E-state index in [-0.39, 0.29) is 4.75 Å². The topological polar surface area (TPSA) is 37.8 Å². The summed E-state index contributed by atoms with van der Waals surface area (Å²) in [6, 6.07) is 0. The van der Waals surface area contributed by atoms with Gasteiger partial charge in [-0.3, -0.25) is 0 Å². The summed E-state index contributed by atoms with van der Waals surface area (Å²) in [5.74, 6) is 0.930. The Morgan fingerprint density at radius 2 is 2.21 bits per heavy atom. The lowest BCUT2D eigenvalue weighted by Gasteiger charge is -2.21. The third kappa shape index (κ3) is 3.46. The fourth-order valence-electron chi connectivity index (χ4n) is 0.830. The van der Waals surface area contributed by atoms with Crippen molar-refractivity contribution in [2.24, 2.45) is 0 Å². The maximum Gasteiger partial charge on any atom is 0.202 e. The molecular weight excluding hydrogens is 214 g/mol. The van der Waals surface area contributed by atoms with Crippen molar-refractivity contribution in [2.75, 3.05) is 18.1 Å². The molecule has 0 aromatic carbocycles. The Labute approximate surface area is 93.9 Å². The van der Waals surface area contributed by atoms with Crippen LogP contribution in [0.2, 0.25) is 0 Å². The standard InChI is InChI=1S/C9H17N3S2/c1-5-7-11-8(14-12-7)10-6-9(2,3)13-4/h5-6H2,1-4H3,(H,10,11,12). The van der Waals surface area contributed by atoms with E-state index in [1.165, 1.54) is 11.5 Å². The van der Waals surface area contributed by atoms with Crippen LogP contribution in [0.4, 0.5) is 5.13 Å². The number of hydrogen-bond donors (Lipinski definition) is 1. The molecule has 0 radical (unpaired) electrons. The van der Waals surface area contributed by atoms with Crippen LogP contribution in [0.25, 0.3) is 0 Å². The summed E-state index contributed by atoms with van der Waals surface area (Å²) >= 11 is 3.30. The van der Waals surface area contributed by atoms with Gasteiger partial charge in [-0.2, -0.15) is 16.1 Å². The molecule has 1 rings (SSSR count). The predicted molar refractivity (Wildman–Crippen MR) is 65.4 cm³/mol. The molecule has 80 valence electrons. The van der Waals surface area contributed by atoms with E-state index >= 15 is 0 Å². The van der Waals surface area contributed by atoms with Gasteiger partial charge in [0.2, 0.25) is 5.13 Å². The first-order valence-corrected chi connectivity index (χ1v) is 6.69. The molecule has 0 aliphatic heterocycles. The van der Waals surface area contributed by atoms with Crippen LogP contribution in [0.3, 0.4) is 0 Å². The second-order valence-electron chi connectivity index (χ2n) is 3.69. The van der Waals surface area contributed by atoms with Gasteiger partial charge < -0.3 is 5.32 Å². The summed E-state index contributed by atoms with van der Waals surface area (Å²) in [6.45, 7) is 7.42. The molecule has 0 bridgehead atoms. The molecule has 1 aromatic rings. The molecule has 0 amide bonds. The molecule has 0 atom stereocenters. The molecule has 1 aromatic heterocycles. The predicted octanol–water partition coefficient (Wildman–Crippen LogP) is 2.65. The molecule has 0 saturated carbocycles. The number of rotatable bonds is 5. The molecule has 0 fully saturated rings. The van der Waals surface area contributed by atoms with Crippen LogP contribution in [0.15, 0.2) is 0 Å². The van der Waals surface area contributed by atoms with Crippen molar-refractivity contribution in [1.29, 1.82) is 0 Å². The van der Waals surface area contributed by atoms with Crippen LogP contribution in [0.1, 0.15) is 26.6 Å². The van der Waals surface area contributed by atoms with Crippen LogP contribution in [-0.4, -0.2) is 26.9 Å². The summed E-state index contributed by atoms with van der Waals surface area (Å²) in [7, 11) is 0. The van der Waals surface area contributed by atoms with Gasteiger partial charge >= 0.3 is 0 Å². The zero-order valence-electron chi connectivity index (χ0n) is 9.13. The third-order valence-electron chi connectivity index (χ3n) is 2.00. The number of nitrogens with zero attached hydrogens (tertiary/aromatic N) is 2. The monoisotopic (exact) mass is 231 g/mol. The summed E-state index contributed by atoms with van der Waals surface area (Å²) in [5, 5.41) is 4.25. The van der Waals surface area contributed by atoms with E-state index in [1.54, 1.807) is 0 Å². The molecular formula is C9H17N3S2. The number of aryl methyl sites for hydroxylation is 1. The quantitative estimate of drug-likeness (QED) is 0.845. The fourth-order valence-corrected chi connectivity index (χ4v) is 1.69. The minimum absolute atomic E-state index is 0.248. The molecule has 14 heavy (non-hydrogen) atoms. The molecule has 0 aliphatic carbocycles. The summed E-state index contributed by atoms with van der Waals surface area (Å²) < 4.78 is 4.47. The van der Waals surface area contributed by atoms with Crippen LogP contribution < -0.4 is 5.32 Å². The Hall–Kier alpha value is -0.290. The van der Waals surface area contributed by atoms with Crippen molar-refractivity contribution in [3.8, 4) is 0 Å². The maximum atomic E-state index is 4.35. The minimum Gasteiger partial charge on any atom is -0.359 e. The fraction of sp³-hybridized carbons (Fsp3) is 0.778. The van der Waals surface area contributed by atoms with Crippen LogP contribution in [0.5, 0.6) is 0 Å². The van der Waals surface area contributed by atoms with Crippen molar-refractivity contribution >= 4 is 28.4 Å². The summed E-state index contributed by atoms with van der Waals surface area (Å²) in [5.41, 5.74) is 0. The number of aromatic nitrogens is 2. The zero-order chi connectivity index (χ0) is 10.6. The van der Waals surface area contributed by atoms with Crippen molar-refractivity contribution in [2.45, 2.75) is 31.9 Å². The van der Waals surface area contributed by atoms with Gasteiger partial charge in [-0.1, -0.05) is 6.92 Å². The lowest BCUT2D eigenvalue weighted by molar-refractivity contribution is 0.751. The Bertz CT molecular complexity index is 283. The Kier molecular flexibility index (Phi) is 4.19.